The van der Waals surface area contributed by atoms with Gasteiger partial charge in [-0.25, -0.2) is 13.6 Å². The van der Waals surface area contributed by atoms with E-state index in [1.807, 2.05) is 11.9 Å². The second-order valence-electron chi connectivity index (χ2n) is 7.43. The molecule has 3 N–H and O–H groups in total. The molecular formula is C18H27F2N3OS. The van der Waals surface area contributed by atoms with Crippen molar-refractivity contribution in [2.75, 3.05) is 6.54 Å². The summed E-state index contributed by atoms with van der Waals surface area (Å²) in [6.07, 6.45) is 7.25. The molecule has 1 aromatic heterocycles. The second kappa shape index (κ2) is 8.85. The Bertz CT molecular complexity index is 730. The summed E-state index contributed by atoms with van der Waals surface area (Å²) in [4.78, 5) is 15.1. The van der Waals surface area contributed by atoms with Crippen molar-refractivity contribution in [2.45, 2.75) is 57.6 Å². The first-order valence-electron chi connectivity index (χ1n) is 8.73. The first-order chi connectivity index (χ1) is 11.8. The number of nitrogens with one attached hydrogen (secondary N) is 3. The topological polar surface area (TPSA) is 60.7 Å². The molecule has 0 saturated heterocycles. The normalized spacial score (nSPS) is 15.9. The van der Waals surface area contributed by atoms with E-state index in [4.69, 9.17) is 0 Å². The first-order valence-corrected chi connectivity index (χ1v) is 9.55. The predicted octanol–water partition coefficient (Wildman–Crippen LogP) is 4.74. The first kappa shape index (κ1) is 20.0. The summed E-state index contributed by atoms with van der Waals surface area (Å²) >= 11 is 1.88. The van der Waals surface area contributed by atoms with Crippen LogP contribution in [0.5, 0.6) is 0 Å². The molecule has 1 heterocycles. The van der Waals surface area contributed by atoms with Gasteiger partial charge in [0.2, 0.25) is 0 Å². The highest BCUT2D eigenvalue weighted by molar-refractivity contribution is 7.98. The van der Waals surface area contributed by atoms with Gasteiger partial charge in [-0.15, -0.1) is 0 Å². The van der Waals surface area contributed by atoms with E-state index in [0.717, 1.165) is 12.0 Å². The average Bonchev–Trinajstić information content (AvgIpc) is 2.93. The van der Waals surface area contributed by atoms with Crippen molar-refractivity contribution in [1.82, 2.24) is 14.7 Å². The van der Waals surface area contributed by atoms with E-state index >= 15 is 0 Å². The van der Waals surface area contributed by atoms with Crippen molar-refractivity contribution in [3.8, 4) is 0 Å². The van der Waals surface area contributed by atoms with Gasteiger partial charge in [0.15, 0.2) is 11.6 Å². The predicted molar refractivity (Wildman–Crippen MR) is 101 cm³/mol. The van der Waals surface area contributed by atoms with Crippen molar-refractivity contribution < 1.29 is 8.78 Å². The molecule has 1 saturated carbocycles. The van der Waals surface area contributed by atoms with Crippen LogP contribution in [-0.2, 0) is 0 Å². The number of hydrogen-bond acceptors (Lipinski definition) is 3. The molecule has 0 atom stereocenters. The van der Waals surface area contributed by atoms with E-state index in [0.29, 0.717) is 4.75 Å². The number of benzene rings is 1. The molecule has 0 aliphatic heterocycles. The summed E-state index contributed by atoms with van der Waals surface area (Å²) in [6, 6.07) is 2.26. The fourth-order valence-electron chi connectivity index (χ4n) is 2.81. The Kier molecular flexibility index (Phi) is 7.07. The van der Waals surface area contributed by atoms with E-state index < -0.39 is 17.3 Å². The summed E-state index contributed by atoms with van der Waals surface area (Å²) in [5.41, 5.74) is -0.409. The Morgan fingerprint density at radius 3 is 2.48 bits per heavy atom. The average molecular weight is 371 g/mol. The van der Waals surface area contributed by atoms with Gasteiger partial charge in [0.25, 0.3) is 0 Å². The van der Waals surface area contributed by atoms with Crippen LogP contribution >= 0.6 is 11.9 Å². The Morgan fingerprint density at radius 1 is 1.16 bits per heavy atom. The van der Waals surface area contributed by atoms with Crippen LogP contribution in [0.3, 0.4) is 0 Å². The van der Waals surface area contributed by atoms with Crippen molar-refractivity contribution >= 4 is 23.0 Å². The smallest absolute Gasteiger partial charge is 0.306 e. The summed E-state index contributed by atoms with van der Waals surface area (Å²) in [5, 5.41) is 0. The molecule has 1 aliphatic rings. The number of H-pyrrole nitrogens is 2. The third-order valence-corrected chi connectivity index (χ3v) is 4.98. The highest BCUT2D eigenvalue weighted by Gasteiger charge is 2.15. The number of rotatable bonds is 3. The zero-order valence-corrected chi connectivity index (χ0v) is 15.9. The molecule has 2 aromatic rings. The largest absolute Gasteiger partial charge is 0.323 e. The highest BCUT2D eigenvalue weighted by Crippen LogP contribution is 2.25. The molecule has 0 radical (unpaired) electrons. The van der Waals surface area contributed by atoms with Crippen molar-refractivity contribution in [2.24, 2.45) is 5.92 Å². The monoisotopic (exact) mass is 371 g/mol. The van der Waals surface area contributed by atoms with Gasteiger partial charge in [-0.1, -0.05) is 31.2 Å². The Balaban J connectivity index is 0.000000181. The molecule has 0 spiro atoms. The van der Waals surface area contributed by atoms with E-state index in [1.54, 1.807) is 0 Å². The fourth-order valence-corrected chi connectivity index (χ4v) is 3.56. The molecule has 0 unspecified atom stereocenters. The summed E-state index contributed by atoms with van der Waals surface area (Å²) in [5.74, 6) is -1.06. The third kappa shape index (κ3) is 6.47. The van der Waals surface area contributed by atoms with Crippen LogP contribution in [0.15, 0.2) is 16.9 Å². The van der Waals surface area contributed by atoms with Crippen LogP contribution in [0, 0.1) is 17.6 Å². The van der Waals surface area contributed by atoms with Crippen LogP contribution in [0.2, 0.25) is 0 Å². The summed E-state index contributed by atoms with van der Waals surface area (Å²) in [7, 11) is 0. The van der Waals surface area contributed by atoms with Gasteiger partial charge in [0.05, 0.1) is 5.52 Å². The maximum Gasteiger partial charge on any atom is 0.323 e. The third-order valence-electron chi connectivity index (χ3n) is 4.06. The maximum atomic E-state index is 12.8. The lowest BCUT2D eigenvalue weighted by molar-refractivity contribution is 0.360. The fraction of sp³-hybridized carbons (Fsp3) is 0.611. The van der Waals surface area contributed by atoms with Crippen LogP contribution in [0.25, 0.3) is 11.0 Å². The molecule has 4 nitrogen and oxygen atoms in total. The minimum atomic E-state index is -1.04. The van der Waals surface area contributed by atoms with Crippen LogP contribution in [0.4, 0.5) is 8.78 Å². The van der Waals surface area contributed by atoms with E-state index in [-0.39, 0.29) is 11.0 Å². The minimum Gasteiger partial charge on any atom is -0.306 e. The van der Waals surface area contributed by atoms with Gasteiger partial charge >= 0.3 is 5.69 Å². The molecule has 3 rings (SSSR count). The number of aromatic nitrogens is 2. The lowest BCUT2D eigenvalue weighted by Crippen LogP contribution is -2.24. The number of fused-ring (bicyclic) bond motifs is 1. The minimum absolute atomic E-state index is 0.125. The van der Waals surface area contributed by atoms with E-state index in [2.05, 4.69) is 35.5 Å². The van der Waals surface area contributed by atoms with E-state index in [1.165, 1.54) is 44.7 Å². The standard InChI is InChI=1S/C11H23NS.C7H4F2N2O/c1-11(2,3)13-12-9-10-7-5-4-6-8-10;8-3-1-2-4-6(5(3)9)11-7(12)10-4/h10,12H,4-9H2,1-3H3;1-2H,(H2,10,11,12). The van der Waals surface area contributed by atoms with Gasteiger partial charge in [-0.3, -0.25) is 4.72 Å². The van der Waals surface area contributed by atoms with Gasteiger partial charge in [0, 0.05) is 11.3 Å². The van der Waals surface area contributed by atoms with E-state index in [9.17, 15) is 13.6 Å². The quantitative estimate of drug-likeness (QED) is 0.683. The van der Waals surface area contributed by atoms with Gasteiger partial charge in [0.1, 0.15) is 5.52 Å². The number of aromatic amines is 2. The Labute approximate surface area is 151 Å². The van der Waals surface area contributed by atoms with Crippen LogP contribution < -0.4 is 10.4 Å². The van der Waals surface area contributed by atoms with Crippen molar-refractivity contribution in [1.29, 1.82) is 0 Å². The maximum absolute atomic E-state index is 12.8. The summed E-state index contributed by atoms with van der Waals surface area (Å²) < 4.78 is 29.3. The summed E-state index contributed by atoms with van der Waals surface area (Å²) in [6.45, 7) is 7.98. The lowest BCUT2D eigenvalue weighted by atomic mass is 9.90. The molecule has 1 aromatic carbocycles. The molecular weight excluding hydrogens is 344 g/mol. The molecule has 140 valence electrons. The van der Waals surface area contributed by atoms with Crippen LogP contribution in [0.1, 0.15) is 52.9 Å². The second-order valence-corrected chi connectivity index (χ2v) is 9.15. The van der Waals surface area contributed by atoms with Gasteiger partial charge < -0.3 is 9.97 Å². The Morgan fingerprint density at radius 2 is 1.84 bits per heavy atom. The lowest BCUT2D eigenvalue weighted by Gasteiger charge is -2.24. The number of imidazole rings is 1. The zero-order valence-electron chi connectivity index (χ0n) is 15.0. The van der Waals surface area contributed by atoms with Crippen molar-refractivity contribution in [3.63, 3.8) is 0 Å². The SMILES string of the molecule is CC(C)(C)SNCC1CCCCC1.O=c1[nH]c2ccc(F)c(F)c2[nH]1. The highest BCUT2D eigenvalue weighted by atomic mass is 32.2. The van der Waals surface area contributed by atoms with Gasteiger partial charge in [-0.05, 0) is 51.7 Å². The number of hydrogen-bond donors (Lipinski definition) is 3. The zero-order chi connectivity index (χ0) is 18.4. The molecule has 25 heavy (non-hydrogen) atoms. The Hall–Kier alpha value is -1.34. The van der Waals surface area contributed by atoms with Crippen LogP contribution in [-0.4, -0.2) is 21.3 Å². The molecule has 0 amide bonds. The number of halogens is 2. The molecule has 0 bridgehead atoms. The molecule has 1 fully saturated rings. The van der Waals surface area contributed by atoms with Crippen molar-refractivity contribution in [3.05, 3.63) is 34.3 Å². The molecule has 1 aliphatic carbocycles. The van der Waals surface area contributed by atoms with Gasteiger partial charge in [-0.2, -0.15) is 0 Å². The molecule has 7 heteroatoms.